The summed E-state index contributed by atoms with van der Waals surface area (Å²) < 4.78 is 11.2. The topological polar surface area (TPSA) is 89.0 Å². The summed E-state index contributed by atoms with van der Waals surface area (Å²) in [6.45, 7) is 6.85. The Morgan fingerprint density at radius 1 is 1.28 bits per heavy atom. The van der Waals surface area contributed by atoms with Crippen molar-refractivity contribution in [2.45, 2.75) is 33.3 Å². The lowest BCUT2D eigenvalue weighted by atomic mass is 10.1. The van der Waals surface area contributed by atoms with E-state index in [4.69, 9.17) is 9.47 Å². The highest BCUT2D eigenvalue weighted by Gasteiger charge is 2.32. The molecule has 0 aliphatic carbocycles. The molecule has 1 N–H and O–H groups in total. The number of aromatic nitrogens is 1. The number of ether oxygens (including phenoxy) is 2. The molecule has 0 radical (unpaired) electrons. The fourth-order valence-electron chi connectivity index (χ4n) is 2.32. The van der Waals surface area contributed by atoms with Crippen LogP contribution in [0.2, 0.25) is 0 Å². The molecule has 0 bridgehead atoms. The van der Waals surface area contributed by atoms with Crippen LogP contribution in [0.25, 0.3) is 10.8 Å². The van der Waals surface area contributed by atoms with Crippen LogP contribution in [0.4, 0.5) is 15.4 Å². The van der Waals surface area contributed by atoms with E-state index in [1.807, 2.05) is 13.0 Å². The summed E-state index contributed by atoms with van der Waals surface area (Å²) in [6.07, 6.45) is -1.08. The molecule has 2 rings (SSSR count). The molecule has 0 spiro atoms. The summed E-state index contributed by atoms with van der Waals surface area (Å²) >= 11 is 3.40. The van der Waals surface area contributed by atoms with Gasteiger partial charge in [0, 0.05) is 16.1 Å². The highest BCUT2D eigenvalue weighted by molar-refractivity contribution is 9.10. The molecule has 7 nitrogen and oxygen atoms in total. The number of imide groups is 1. The molecule has 25 heavy (non-hydrogen) atoms. The van der Waals surface area contributed by atoms with Crippen LogP contribution < -0.4 is 9.64 Å². The van der Waals surface area contributed by atoms with Crippen molar-refractivity contribution in [1.82, 2.24) is 4.98 Å². The molecule has 0 aliphatic rings. The zero-order valence-electron chi connectivity index (χ0n) is 14.6. The molecule has 0 saturated heterocycles. The van der Waals surface area contributed by atoms with Gasteiger partial charge in [-0.15, -0.1) is 0 Å². The van der Waals surface area contributed by atoms with Gasteiger partial charge < -0.3 is 14.6 Å². The fourth-order valence-corrected chi connectivity index (χ4v) is 2.73. The highest BCUT2D eigenvalue weighted by Crippen LogP contribution is 2.38. The number of nitrogens with zero attached hydrogens (tertiary/aromatic N) is 2. The Morgan fingerprint density at radius 3 is 2.44 bits per heavy atom. The molecule has 0 saturated carbocycles. The second-order valence-electron chi connectivity index (χ2n) is 6.42. The van der Waals surface area contributed by atoms with E-state index in [0.717, 1.165) is 5.56 Å². The summed E-state index contributed by atoms with van der Waals surface area (Å²) in [6, 6.07) is 3.59. The molecule has 0 unspecified atom stereocenters. The molecule has 0 aliphatic heterocycles. The van der Waals surface area contributed by atoms with Crippen LogP contribution in [0.15, 0.2) is 22.8 Å². The third-order valence-corrected chi connectivity index (χ3v) is 3.86. The van der Waals surface area contributed by atoms with Gasteiger partial charge in [0.05, 0.1) is 12.5 Å². The lowest BCUT2D eigenvalue weighted by molar-refractivity contribution is 0.0581. The first-order chi connectivity index (χ1) is 11.5. The summed E-state index contributed by atoms with van der Waals surface area (Å²) in [7, 11) is 1.47. The molecule has 134 valence electrons. The molecule has 1 aromatic carbocycles. The van der Waals surface area contributed by atoms with Gasteiger partial charge >= 0.3 is 12.2 Å². The third kappa shape index (κ3) is 4.01. The van der Waals surface area contributed by atoms with E-state index in [1.54, 1.807) is 26.8 Å². The second kappa shape index (κ2) is 6.87. The normalized spacial score (nSPS) is 11.3. The lowest BCUT2D eigenvalue weighted by Gasteiger charge is -2.25. The van der Waals surface area contributed by atoms with E-state index >= 15 is 0 Å². The monoisotopic (exact) mass is 410 g/mol. The van der Waals surface area contributed by atoms with Crippen LogP contribution in [0, 0.1) is 6.92 Å². The largest absolute Gasteiger partial charge is 0.496 e. The smallest absolute Gasteiger partial charge is 0.425 e. The van der Waals surface area contributed by atoms with Gasteiger partial charge in [0.25, 0.3) is 0 Å². The Balaban J connectivity index is 2.75. The van der Waals surface area contributed by atoms with E-state index < -0.39 is 17.8 Å². The summed E-state index contributed by atoms with van der Waals surface area (Å²) in [5.74, 6) is 0.338. The maximum Gasteiger partial charge on any atom is 0.425 e. The van der Waals surface area contributed by atoms with Gasteiger partial charge in [-0.2, -0.15) is 4.90 Å². The van der Waals surface area contributed by atoms with Crippen molar-refractivity contribution in [3.63, 3.8) is 0 Å². The second-order valence-corrected chi connectivity index (χ2v) is 7.27. The fraction of sp³-hybridized carbons (Fsp3) is 0.353. The maximum atomic E-state index is 12.4. The van der Waals surface area contributed by atoms with Gasteiger partial charge in [-0.05, 0) is 61.3 Å². The van der Waals surface area contributed by atoms with Crippen molar-refractivity contribution >= 4 is 44.7 Å². The molecule has 0 fully saturated rings. The van der Waals surface area contributed by atoms with E-state index in [0.29, 0.717) is 25.9 Å². The SMILES string of the molecule is COc1cc(C)cc2c(Br)cnc(N(C(=O)O)C(=O)OC(C)(C)C)c12. The molecule has 2 aromatic rings. The highest BCUT2D eigenvalue weighted by atomic mass is 79.9. The molecule has 0 atom stereocenters. The van der Waals surface area contributed by atoms with Gasteiger partial charge in [0.2, 0.25) is 0 Å². The van der Waals surface area contributed by atoms with E-state index in [1.165, 1.54) is 13.3 Å². The predicted octanol–water partition coefficient (Wildman–Crippen LogP) is 4.73. The number of carbonyl (C=O) groups is 2. The molecule has 1 aromatic heterocycles. The zero-order valence-corrected chi connectivity index (χ0v) is 16.2. The average Bonchev–Trinajstić information content (AvgIpc) is 2.47. The number of hydrogen-bond acceptors (Lipinski definition) is 5. The number of rotatable bonds is 2. The number of carbonyl (C=O) groups excluding carboxylic acids is 1. The lowest BCUT2D eigenvalue weighted by Crippen LogP contribution is -2.40. The Hall–Kier alpha value is -2.35. The first-order valence-electron chi connectivity index (χ1n) is 7.44. The third-order valence-electron chi connectivity index (χ3n) is 3.23. The standard InChI is InChI=1S/C17H19BrN2O5/c1-9-6-10-11(18)8-19-14(13(10)12(7-9)24-5)20(15(21)22)16(23)25-17(2,3)4/h6-8H,1-5H3,(H,21,22). The number of amides is 2. The number of halogens is 1. The molecular formula is C17H19BrN2O5. The summed E-state index contributed by atoms with van der Waals surface area (Å²) in [4.78, 5) is 28.8. The van der Waals surface area contributed by atoms with Crippen LogP contribution in [-0.4, -0.2) is 35.0 Å². The first kappa shape index (κ1) is 19.0. The molecule has 8 heteroatoms. The van der Waals surface area contributed by atoms with Gasteiger partial charge in [0.1, 0.15) is 11.4 Å². The number of fused-ring (bicyclic) bond motifs is 1. The van der Waals surface area contributed by atoms with Crippen LogP contribution >= 0.6 is 15.9 Å². The summed E-state index contributed by atoms with van der Waals surface area (Å²) in [5.41, 5.74) is 0.0673. The van der Waals surface area contributed by atoms with E-state index in [9.17, 15) is 14.7 Å². The van der Waals surface area contributed by atoms with Crippen LogP contribution in [0.1, 0.15) is 26.3 Å². The minimum Gasteiger partial charge on any atom is -0.496 e. The van der Waals surface area contributed by atoms with Crippen molar-refractivity contribution < 1.29 is 24.2 Å². The maximum absolute atomic E-state index is 12.4. The number of aryl methyl sites for hydroxylation is 1. The molecule has 1 heterocycles. The Kier molecular flexibility index (Phi) is 5.22. The van der Waals surface area contributed by atoms with Gasteiger partial charge in [-0.1, -0.05) is 0 Å². The van der Waals surface area contributed by atoms with Gasteiger partial charge in [0.15, 0.2) is 5.82 Å². The summed E-state index contributed by atoms with van der Waals surface area (Å²) in [5, 5.41) is 10.6. The molecule has 2 amide bonds. The average molecular weight is 411 g/mol. The van der Waals surface area contributed by atoms with Crippen molar-refractivity contribution in [1.29, 1.82) is 0 Å². The quantitative estimate of drug-likeness (QED) is 0.769. The predicted molar refractivity (Wildman–Crippen MR) is 97.5 cm³/mol. The number of carboxylic acid groups (broad SMARTS) is 1. The van der Waals surface area contributed by atoms with Crippen LogP contribution in [0.3, 0.4) is 0 Å². The molecular weight excluding hydrogens is 392 g/mol. The van der Waals surface area contributed by atoms with Crippen molar-refractivity contribution in [3.05, 3.63) is 28.4 Å². The van der Waals surface area contributed by atoms with Crippen LogP contribution in [0.5, 0.6) is 5.75 Å². The van der Waals surface area contributed by atoms with Gasteiger partial charge in [-0.25, -0.2) is 14.6 Å². The number of benzene rings is 1. The van der Waals surface area contributed by atoms with Crippen molar-refractivity contribution in [3.8, 4) is 5.75 Å². The number of pyridine rings is 1. The Bertz CT molecular complexity index is 845. The Labute approximate surface area is 153 Å². The van der Waals surface area contributed by atoms with E-state index in [-0.39, 0.29) is 5.82 Å². The van der Waals surface area contributed by atoms with Crippen molar-refractivity contribution in [2.24, 2.45) is 0 Å². The Morgan fingerprint density at radius 2 is 1.92 bits per heavy atom. The zero-order chi connectivity index (χ0) is 18.9. The minimum atomic E-state index is -1.49. The number of anilines is 1. The number of hydrogen-bond donors (Lipinski definition) is 1. The first-order valence-corrected chi connectivity index (χ1v) is 8.23. The minimum absolute atomic E-state index is 0.0724. The van der Waals surface area contributed by atoms with Crippen LogP contribution in [-0.2, 0) is 4.74 Å². The van der Waals surface area contributed by atoms with Crippen molar-refractivity contribution in [2.75, 3.05) is 12.0 Å². The van der Waals surface area contributed by atoms with E-state index in [2.05, 4.69) is 20.9 Å². The van der Waals surface area contributed by atoms with Gasteiger partial charge in [-0.3, -0.25) is 0 Å². The number of methoxy groups -OCH3 is 1.